The molecule has 0 radical (unpaired) electrons. The maximum atomic E-state index is 12.6. The second kappa shape index (κ2) is 5.47. The van der Waals surface area contributed by atoms with Crippen molar-refractivity contribution in [1.29, 1.82) is 0 Å². The van der Waals surface area contributed by atoms with Gasteiger partial charge in [-0.1, -0.05) is 6.92 Å². The Morgan fingerprint density at radius 2 is 1.94 bits per heavy atom. The highest BCUT2D eigenvalue weighted by Crippen LogP contribution is 2.31. The number of nitrogens with one attached hydrogen (secondary N) is 1. The van der Waals surface area contributed by atoms with E-state index >= 15 is 0 Å². The fourth-order valence-corrected chi connectivity index (χ4v) is 4.82. The van der Waals surface area contributed by atoms with Crippen LogP contribution >= 0.6 is 0 Å². The summed E-state index contributed by atoms with van der Waals surface area (Å²) < 4.78 is 27.0. The zero-order chi connectivity index (χ0) is 13.3. The van der Waals surface area contributed by atoms with Crippen LogP contribution in [-0.4, -0.2) is 42.6 Å². The summed E-state index contributed by atoms with van der Waals surface area (Å²) in [5.74, 6) is 0. The van der Waals surface area contributed by atoms with Gasteiger partial charge in [-0.2, -0.15) is 4.31 Å². The quantitative estimate of drug-likeness (QED) is 0.802. The van der Waals surface area contributed by atoms with Gasteiger partial charge in [0.2, 0.25) is 10.0 Å². The Labute approximate surface area is 111 Å². The van der Waals surface area contributed by atoms with Gasteiger partial charge in [-0.05, 0) is 46.0 Å². The molecule has 0 bridgehead atoms. The summed E-state index contributed by atoms with van der Waals surface area (Å²) >= 11 is 0. The van der Waals surface area contributed by atoms with E-state index in [2.05, 4.69) is 12.2 Å². The van der Waals surface area contributed by atoms with Gasteiger partial charge in [0.15, 0.2) is 0 Å². The minimum atomic E-state index is -3.15. The summed E-state index contributed by atoms with van der Waals surface area (Å²) in [5, 5.41) is 3.02. The molecule has 3 atom stereocenters. The van der Waals surface area contributed by atoms with E-state index < -0.39 is 10.0 Å². The predicted molar refractivity (Wildman–Crippen MR) is 74.0 cm³/mol. The standard InChI is InChI=1S/C13H26N2O2S/c1-4-13-8-5-10(2)15(13)18(16,17)11(3)9-14-12-6-7-12/h10-14H,4-9H2,1-3H3. The van der Waals surface area contributed by atoms with Crippen LogP contribution in [0.25, 0.3) is 0 Å². The van der Waals surface area contributed by atoms with Gasteiger partial charge in [-0.3, -0.25) is 0 Å². The minimum Gasteiger partial charge on any atom is -0.313 e. The summed E-state index contributed by atoms with van der Waals surface area (Å²) in [6, 6.07) is 0.956. The van der Waals surface area contributed by atoms with Gasteiger partial charge in [-0.25, -0.2) is 8.42 Å². The van der Waals surface area contributed by atoms with Crippen LogP contribution in [0.1, 0.15) is 52.9 Å². The summed E-state index contributed by atoms with van der Waals surface area (Å²) in [6.07, 6.45) is 5.33. The maximum absolute atomic E-state index is 12.6. The number of hydrogen-bond donors (Lipinski definition) is 1. The minimum absolute atomic E-state index is 0.170. The van der Waals surface area contributed by atoms with E-state index in [4.69, 9.17) is 0 Å². The first-order chi connectivity index (χ1) is 8.46. The molecule has 0 spiro atoms. The van der Waals surface area contributed by atoms with E-state index in [9.17, 15) is 8.42 Å². The summed E-state index contributed by atoms with van der Waals surface area (Å²) in [7, 11) is -3.15. The molecule has 106 valence electrons. The first-order valence-corrected chi connectivity index (χ1v) is 8.72. The van der Waals surface area contributed by atoms with E-state index in [0.29, 0.717) is 12.6 Å². The van der Waals surface area contributed by atoms with Crippen molar-refractivity contribution in [2.75, 3.05) is 6.54 Å². The molecule has 2 aliphatic rings. The van der Waals surface area contributed by atoms with Gasteiger partial charge >= 0.3 is 0 Å². The smallest absolute Gasteiger partial charge is 0.218 e. The molecule has 2 fully saturated rings. The van der Waals surface area contributed by atoms with Crippen LogP contribution < -0.4 is 5.32 Å². The van der Waals surface area contributed by atoms with Crippen molar-refractivity contribution >= 4 is 10.0 Å². The summed E-state index contributed by atoms with van der Waals surface area (Å²) in [6.45, 7) is 6.54. The van der Waals surface area contributed by atoms with Crippen LogP contribution in [0.5, 0.6) is 0 Å². The van der Waals surface area contributed by atoms with Crippen molar-refractivity contribution in [3.8, 4) is 0 Å². The molecule has 0 amide bonds. The first kappa shape index (κ1) is 14.3. The van der Waals surface area contributed by atoms with E-state index in [-0.39, 0.29) is 17.3 Å². The van der Waals surface area contributed by atoms with Crippen LogP contribution in [0, 0.1) is 0 Å². The third-order valence-electron chi connectivity index (χ3n) is 4.26. The highest BCUT2D eigenvalue weighted by molar-refractivity contribution is 7.89. The zero-order valence-electron chi connectivity index (χ0n) is 11.7. The average Bonchev–Trinajstić information content (AvgIpc) is 3.07. The molecule has 0 aromatic heterocycles. The molecule has 1 saturated heterocycles. The highest BCUT2D eigenvalue weighted by Gasteiger charge is 2.41. The fraction of sp³-hybridized carbons (Fsp3) is 1.00. The van der Waals surface area contributed by atoms with Crippen molar-refractivity contribution in [3.63, 3.8) is 0 Å². The topological polar surface area (TPSA) is 49.4 Å². The Morgan fingerprint density at radius 1 is 1.28 bits per heavy atom. The lowest BCUT2D eigenvalue weighted by molar-refractivity contribution is 0.324. The van der Waals surface area contributed by atoms with Gasteiger partial charge in [0.05, 0.1) is 5.25 Å². The van der Waals surface area contributed by atoms with Crippen molar-refractivity contribution in [1.82, 2.24) is 9.62 Å². The van der Waals surface area contributed by atoms with E-state index in [1.807, 2.05) is 13.8 Å². The lowest BCUT2D eigenvalue weighted by Gasteiger charge is -2.30. The van der Waals surface area contributed by atoms with E-state index in [1.165, 1.54) is 12.8 Å². The molecule has 1 aliphatic carbocycles. The average molecular weight is 274 g/mol. The fourth-order valence-electron chi connectivity index (χ4n) is 2.82. The molecular formula is C13H26N2O2S. The number of sulfonamides is 1. The third kappa shape index (κ3) is 2.89. The van der Waals surface area contributed by atoms with Gasteiger partial charge in [-0.15, -0.1) is 0 Å². The van der Waals surface area contributed by atoms with Gasteiger partial charge < -0.3 is 5.32 Å². The number of nitrogens with zero attached hydrogens (tertiary/aromatic N) is 1. The lowest BCUT2D eigenvalue weighted by Crippen LogP contribution is -2.47. The lowest BCUT2D eigenvalue weighted by atomic mass is 10.2. The van der Waals surface area contributed by atoms with Crippen LogP contribution in [0.15, 0.2) is 0 Å². The zero-order valence-corrected chi connectivity index (χ0v) is 12.5. The molecule has 2 rings (SSSR count). The second-order valence-electron chi connectivity index (χ2n) is 5.86. The first-order valence-electron chi connectivity index (χ1n) is 7.22. The maximum Gasteiger partial charge on any atom is 0.218 e. The molecule has 18 heavy (non-hydrogen) atoms. The highest BCUT2D eigenvalue weighted by atomic mass is 32.2. The van der Waals surface area contributed by atoms with Crippen LogP contribution in [0.3, 0.4) is 0 Å². The van der Waals surface area contributed by atoms with Crippen LogP contribution in [0.2, 0.25) is 0 Å². The number of hydrogen-bond acceptors (Lipinski definition) is 3. The van der Waals surface area contributed by atoms with Crippen molar-refractivity contribution in [2.24, 2.45) is 0 Å². The molecule has 5 heteroatoms. The summed E-state index contributed by atoms with van der Waals surface area (Å²) in [4.78, 5) is 0. The van der Waals surface area contributed by atoms with Crippen molar-refractivity contribution < 1.29 is 8.42 Å². The monoisotopic (exact) mass is 274 g/mol. The predicted octanol–water partition coefficient (Wildman–Crippen LogP) is 1.72. The van der Waals surface area contributed by atoms with Crippen molar-refractivity contribution in [2.45, 2.75) is 76.3 Å². The molecule has 1 heterocycles. The second-order valence-corrected chi connectivity index (χ2v) is 8.11. The molecule has 1 saturated carbocycles. The van der Waals surface area contributed by atoms with Crippen LogP contribution in [-0.2, 0) is 10.0 Å². The number of rotatable bonds is 6. The Kier molecular flexibility index (Phi) is 4.34. The molecule has 0 aromatic rings. The van der Waals surface area contributed by atoms with Gasteiger partial charge in [0.25, 0.3) is 0 Å². The Bertz CT molecular complexity index is 378. The molecule has 1 N–H and O–H groups in total. The van der Waals surface area contributed by atoms with Crippen LogP contribution in [0.4, 0.5) is 0 Å². The summed E-state index contributed by atoms with van der Waals surface area (Å²) in [5.41, 5.74) is 0. The van der Waals surface area contributed by atoms with Crippen molar-refractivity contribution in [3.05, 3.63) is 0 Å². The Hall–Kier alpha value is -0.130. The van der Waals surface area contributed by atoms with Gasteiger partial charge in [0, 0.05) is 24.7 Å². The third-order valence-corrected chi connectivity index (χ3v) is 6.69. The molecule has 3 unspecified atom stereocenters. The van der Waals surface area contributed by atoms with E-state index in [1.54, 1.807) is 4.31 Å². The molecule has 4 nitrogen and oxygen atoms in total. The Balaban J connectivity index is 2.02. The SMILES string of the molecule is CCC1CCC(C)N1S(=O)(=O)C(C)CNC1CC1. The van der Waals surface area contributed by atoms with Gasteiger partial charge in [0.1, 0.15) is 0 Å². The normalized spacial score (nSPS) is 31.7. The molecular weight excluding hydrogens is 248 g/mol. The largest absolute Gasteiger partial charge is 0.313 e. The Morgan fingerprint density at radius 3 is 2.50 bits per heavy atom. The molecule has 1 aliphatic heterocycles. The van der Waals surface area contributed by atoms with E-state index in [0.717, 1.165) is 19.3 Å². The molecule has 0 aromatic carbocycles.